The van der Waals surface area contributed by atoms with Gasteiger partial charge in [-0.1, -0.05) is 37.5 Å². The summed E-state index contributed by atoms with van der Waals surface area (Å²) in [6, 6.07) is 10.4. The van der Waals surface area contributed by atoms with Gasteiger partial charge in [0.1, 0.15) is 11.9 Å². The molecule has 1 aliphatic carbocycles. The second-order valence-corrected chi connectivity index (χ2v) is 12.6. The molecule has 1 atom stereocenters. The summed E-state index contributed by atoms with van der Waals surface area (Å²) in [5.41, 5.74) is 0.920. The molecule has 2 aromatic rings. The Morgan fingerprint density at radius 3 is 2.32 bits per heavy atom. The van der Waals surface area contributed by atoms with E-state index < -0.39 is 22.1 Å². The molecular weight excluding hydrogens is 558 g/mol. The van der Waals surface area contributed by atoms with E-state index in [9.17, 15) is 18.0 Å². The topological polar surface area (TPSA) is 94.1 Å². The second kappa shape index (κ2) is 10.6. The summed E-state index contributed by atoms with van der Waals surface area (Å²) >= 11 is 3.58. The maximum Gasteiger partial charge on any atom is 0.335 e. The summed E-state index contributed by atoms with van der Waals surface area (Å²) in [6.07, 6.45) is 4.61. The molecule has 11 heteroatoms. The molecule has 1 saturated carbocycles. The number of amides is 3. The normalized spacial score (nSPS) is 21.6. The molecule has 1 aromatic carbocycles. The number of urea groups is 1. The largest absolute Gasteiger partial charge is 0.352 e. The van der Waals surface area contributed by atoms with Crippen LogP contribution < -0.4 is 4.90 Å². The van der Waals surface area contributed by atoms with Gasteiger partial charge in [0.25, 0.3) is 10.0 Å². The molecule has 3 heterocycles. The summed E-state index contributed by atoms with van der Waals surface area (Å²) in [7, 11) is -4.06. The fourth-order valence-electron chi connectivity index (χ4n) is 5.57. The van der Waals surface area contributed by atoms with Gasteiger partial charge in [0.05, 0.1) is 15.9 Å². The number of rotatable bonds is 5. The lowest BCUT2D eigenvalue weighted by atomic mass is 9.93. The van der Waals surface area contributed by atoms with Crippen molar-refractivity contribution in [3.8, 4) is 0 Å². The molecule has 0 N–H and O–H groups in total. The zero-order valence-electron chi connectivity index (χ0n) is 20.9. The molecule has 0 radical (unpaired) electrons. The number of piperazine rings is 1. The van der Waals surface area contributed by atoms with E-state index in [0.717, 1.165) is 52.4 Å². The predicted octanol–water partition coefficient (Wildman–Crippen LogP) is 3.63. The van der Waals surface area contributed by atoms with Gasteiger partial charge in [-0.05, 0) is 60.0 Å². The van der Waals surface area contributed by atoms with Crippen molar-refractivity contribution in [3.63, 3.8) is 0 Å². The Kier molecular flexibility index (Phi) is 7.44. The highest BCUT2D eigenvalue weighted by molar-refractivity contribution is 9.10. The number of halogens is 1. The van der Waals surface area contributed by atoms with Gasteiger partial charge in [-0.3, -0.25) is 4.79 Å². The maximum absolute atomic E-state index is 13.8. The van der Waals surface area contributed by atoms with E-state index in [4.69, 9.17) is 0 Å². The van der Waals surface area contributed by atoms with E-state index in [1.165, 1.54) is 12.1 Å². The van der Waals surface area contributed by atoms with Gasteiger partial charge in [0, 0.05) is 37.9 Å². The third-order valence-corrected chi connectivity index (χ3v) is 9.92. The van der Waals surface area contributed by atoms with Crippen LogP contribution in [0.5, 0.6) is 0 Å². The van der Waals surface area contributed by atoms with Gasteiger partial charge in [0.15, 0.2) is 0 Å². The van der Waals surface area contributed by atoms with Gasteiger partial charge in [0.2, 0.25) is 5.91 Å². The standard InChI is InChI=1S/C26H32BrN5O4S/c1-19-12-13-22(27)24(28-19)29-14-16-30(17-15-29)25(33)23-18-31(37(35,36)21-10-6-3-7-11-21)26(34)32(23)20-8-4-2-5-9-20/h3,6-7,10-13,20,23H,2,4-5,8-9,14-18H2,1H3/t23-/m0/s1. The lowest BCUT2D eigenvalue weighted by Crippen LogP contribution is -2.56. The Bertz CT molecular complexity index is 1260. The lowest BCUT2D eigenvalue weighted by molar-refractivity contribution is -0.136. The summed E-state index contributed by atoms with van der Waals surface area (Å²) in [4.78, 5) is 37.6. The van der Waals surface area contributed by atoms with E-state index in [2.05, 4.69) is 25.8 Å². The minimum atomic E-state index is -4.06. The molecule has 2 aliphatic heterocycles. The number of hydrogen-bond acceptors (Lipinski definition) is 6. The molecule has 5 rings (SSSR count). The Labute approximate surface area is 226 Å². The summed E-state index contributed by atoms with van der Waals surface area (Å²) in [6.45, 7) is 3.97. The molecule has 37 heavy (non-hydrogen) atoms. The maximum atomic E-state index is 13.8. The average Bonchev–Trinajstić information content (AvgIpc) is 3.28. The third kappa shape index (κ3) is 5.07. The quantitative estimate of drug-likeness (QED) is 0.528. The van der Waals surface area contributed by atoms with E-state index in [-0.39, 0.29) is 23.4 Å². The smallest absolute Gasteiger partial charge is 0.335 e. The highest BCUT2D eigenvalue weighted by atomic mass is 79.9. The fraction of sp³-hybridized carbons (Fsp3) is 0.500. The van der Waals surface area contributed by atoms with Crippen LogP contribution in [0.4, 0.5) is 10.6 Å². The van der Waals surface area contributed by atoms with E-state index >= 15 is 0 Å². The summed E-state index contributed by atoms with van der Waals surface area (Å²) in [5.74, 6) is 0.674. The number of aryl methyl sites for hydroxylation is 1. The SMILES string of the molecule is Cc1ccc(Br)c(N2CCN(C(=O)[C@@H]3CN(S(=O)(=O)c4ccccc4)C(=O)N3C3CCCCC3)CC2)n1. The van der Waals surface area contributed by atoms with Crippen molar-refractivity contribution in [2.75, 3.05) is 37.6 Å². The predicted molar refractivity (Wildman–Crippen MR) is 144 cm³/mol. The average molecular weight is 591 g/mol. The van der Waals surface area contributed by atoms with Crippen LogP contribution >= 0.6 is 15.9 Å². The van der Waals surface area contributed by atoms with Gasteiger partial charge < -0.3 is 14.7 Å². The van der Waals surface area contributed by atoms with Crippen LogP contribution in [0.15, 0.2) is 51.8 Å². The number of nitrogens with zero attached hydrogens (tertiary/aromatic N) is 5. The molecule has 3 amide bonds. The van der Waals surface area contributed by atoms with E-state index in [0.29, 0.717) is 26.2 Å². The summed E-state index contributed by atoms with van der Waals surface area (Å²) in [5, 5.41) is 0. The molecule has 9 nitrogen and oxygen atoms in total. The highest BCUT2D eigenvalue weighted by Crippen LogP contribution is 2.33. The van der Waals surface area contributed by atoms with Gasteiger partial charge in [-0.25, -0.2) is 22.5 Å². The van der Waals surface area contributed by atoms with Crippen LogP contribution in [0, 0.1) is 6.92 Å². The van der Waals surface area contributed by atoms with Crippen molar-refractivity contribution in [2.45, 2.75) is 56.0 Å². The van der Waals surface area contributed by atoms with Crippen LogP contribution in [0.3, 0.4) is 0 Å². The Balaban J connectivity index is 1.36. The zero-order valence-corrected chi connectivity index (χ0v) is 23.3. The van der Waals surface area contributed by atoms with Crippen LogP contribution in [0.2, 0.25) is 0 Å². The van der Waals surface area contributed by atoms with Crippen LogP contribution in [-0.2, 0) is 14.8 Å². The number of aromatic nitrogens is 1. The molecule has 0 bridgehead atoms. The molecule has 3 fully saturated rings. The lowest BCUT2D eigenvalue weighted by Gasteiger charge is -2.39. The van der Waals surface area contributed by atoms with Gasteiger partial charge in [-0.15, -0.1) is 0 Å². The van der Waals surface area contributed by atoms with Crippen molar-refractivity contribution in [1.82, 2.24) is 19.1 Å². The number of anilines is 1. The van der Waals surface area contributed by atoms with Crippen molar-refractivity contribution >= 4 is 43.7 Å². The first-order chi connectivity index (χ1) is 17.8. The monoisotopic (exact) mass is 589 g/mol. The Morgan fingerprint density at radius 2 is 1.65 bits per heavy atom. The first-order valence-corrected chi connectivity index (χ1v) is 15.1. The number of carbonyl (C=O) groups excluding carboxylic acids is 2. The minimum absolute atomic E-state index is 0.0601. The van der Waals surface area contributed by atoms with Crippen LogP contribution in [0.25, 0.3) is 0 Å². The molecule has 0 spiro atoms. The second-order valence-electron chi connectivity index (χ2n) is 9.92. The first kappa shape index (κ1) is 26.0. The highest BCUT2D eigenvalue weighted by Gasteiger charge is 2.50. The molecular formula is C26H32BrN5O4S. The molecule has 2 saturated heterocycles. The van der Waals surface area contributed by atoms with Crippen molar-refractivity contribution < 1.29 is 18.0 Å². The number of benzene rings is 1. The fourth-order valence-corrected chi connectivity index (χ4v) is 7.43. The first-order valence-electron chi connectivity index (χ1n) is 12.8. The van der Waals surface area contributed by atoms with Crippen LogP contribution in [-0.4, -0.2) is 84.3 Å². The van der Waals surface area contributed by atoms with Gasteiger partial charge in [-0.2, -0.15) is 0 Å². The number of carbonyl (C=O) groups is 2. The van der Waals surface area contributed by atoms with E-state index in [1.807, 2.05) is 19.1 Å². The summed E-state index contributed by atoms with van der Waals surface area (Å²) < 4.78 is 28.6. The van der Waals surface area contributed by atoms with Crippen molar-refractivity contribution in [3.05, 3.63) is 52.6 Å². The Morgan fingerprint density at radius 1 is 0.973 bits per heavy atom. The molecule has 3 aliphatic rings. The van der Waals surface area contributed by atoms with Crippen LogP contribution in [0.1, 0.15) is 37.8 Å². The molecule has 1 aromatic heterocycles. The zero-order chi connectivity index (χ0) is 26.2. The minimum Gasteiger partial charge on any atom is -0.352 e. The molecule has 198 valence electrons. The number of sulfonamides is 1. The van der Waals surface area contributed by atoms with E-state index in [1.54, 1.807) is 28.0 Å². The van der Waals surface area contributed by atoms with Gasteiger partial charge >= 0.3 is 6.03 Å². The number of hydrogen-bond donors (Lipinski definition) is 0. The van der Waals surface area contributed by atoms with Crippen molar-refractivity contribution in [1.29, 1.82) is 0 Å². The molecule has 0 unspecified atom stereocenters. The Hall–Kier alpha value is -2.66. The third-order valence-electron chi connectivity index (χ3n) is 7.55. The van der Waals surface area contributed by atoms with Crippen molar-refractivity contribution in [2.24, 2.45) is 0 Å². The number of pyridine rings is 1.